The zero-order chi connectivity index (χ0) is 30.8. The van der Waals surface area contributed by atoms with E-state index < -0.39 is 35.8 Å². The minimum absolute atomic E-state index is 0.00477. The molecule has 0 bridgehead atoms. The molecule has 10 nitrogen and oxygen atoms in total. The van der Waals surface area contributed by atoms with Crippen LogP contribution < -0.4 is 17.3 Å². The van der Waals surface area contributed by atoms with Crippen molar-refractivity contribution in [1.29, 1.82) is 0 Å². The summed E-state index contributed by atoms with van der Waals surface area (Å²) in [6, 6.07) is 23.7. The number of hydrogen-bond acceptors (Lipinski definition) is 10. The fourth-order valence-corrected chi connectivity index (χ4v) is 6.46. The normalized spacial score (nSPS) is 12.4. The van der Waals surface area contributed by atoms with Gasteiger partial charge in [-0.05, 0) is 83.9 Å². The van der Waals surface area contributed by atoms with Crippen LogP contribution in [-0.2, 0) is 35.8 Å². The van der Waals surface area contributed by atoms with Crippen LogP contribution in [0, 0.1) is 0 Å². The maximum Gasteiger partial charge on any atom is 0.500 e. The van der Waals surface area contributed by atoms with Crippen molar-refractivity contribution >= 4 is 30.4 Å². The summed E-state index contributed by atoms with van der Waals surface area (Å²) >= 11 is 0. The van der Waals surface area contributed by atoms with Crippen molar-refractivity contribution in [2.75, 3.05) is 13.4 Å². The third kappa shape index (κ3) is 7.41. The number of rotatable bonds is 11. The minimum atomic E-state index is -4.54. The van der Waals surface area contributed by atoms with Gasteiger partial charge in [0, 0.05) is 5.41 Å². The fraction of sp³-hybridized carbons (Fsp3) is 0.172. The van der Waals surface area contributed by atoms with Gasteiger partial charge in [-0.2, -0.15) is 8.42 Å². The number of methoxy groups -OCH3 is 1. The van der Waals surface area contributed by atoms with Gasteiger partial charge in [0.05, 0.1) is 23.2 Å². The average Bonchev–Trinajstić information content (AvgIpc) is 2.92. The van der Waals surface area contributed by atoms with E-state index in [1.54, 1.807) is 36.4 Å². The lowest BCUT2D eigenvalue weighted by atomic mass is 9.78. The van der Waals surface area contributed by atoms with Gasteiger partial charge in [-0.1, -0.05) is 38.1 Å². The Bertz CT molecular complexity index is 1860. The summed E-state index contributed by atoms with van der Waals surface area (Å²) in [6.07, 6.45) is 0.966. The van der Waals surface area contributed by atoms with Gasteiger partial charge in [-0.25, -0.2) is 8.42 Å². The van der Waals surface area contributed by atoms with Gasteiger partial charge in [0.25, 0.3) is 0 Å². The van der Waals surface area contributed by atoms with Crippen LogP contribution in [-0.4, -0.2) is 38.6 Å². The molecule has 0 fully saturated rings. The molecule has 0 aromatic heterocycles. The standard InChI is InChI=1S/C29H28O10S3/c1-29(2,21-5-9-24(10-6-21)37-40(4,30)31)22-7-11-25(12-8-22)38-42(34,35)39-26-15-19-28(20-16-26)41(32,33)27-17-13-23(36-3)14-18-27/h5-20H,1-4H3. The van der Waals surface area contributed by atoms with E-state index in [9.17, 15) is 25.3 Å². The topological polar surface area (TPSA) is 139 Å². The van der Waals surface area contributed by atoms with Gasteiger partial charge in [0.15, 0.2) is 0 Å². The lowest BCUT2D eigenvalue weighted by Crippen LogP contribution is -2.19. The molecule has 0 N–H and O–H groups in total. The predicted octanol–water partition coefficient (Wildman–Crippen LogP) is 4.89. The van der Waals surface area contributed by atoms with Crippen molar-refractivity contribution in [2.24, 2.45) is 0 Å². The van der Waals surface area contributed by atoms with Crippen LogP contribution in [0.1, 0.15) is 25.0 Å². The second kappa shape index (κ2) is 11.7. The summed E-state index contributed by atoms with van der Waals surface area (Å²) in [4.78, 5) is 0.00613. The maximum atomic E-state index is 12.9. The van der Waals surface area contributed by atoms with Crippen LogP contribution in [0.25, 0.3) is 0 Å². The van der Waals surface area contributed by atoms with E-state index in [1.807, 2.05) is 13.8 Å². The second-order valence-corrected chi connectivity index (χ2v) is 14.4. The average molecular weight is 633 g/mol. The molecule has 0 radical (unpaired) electrons. The van der Waals surface area contributed by atoms with Crippen LogP contribution in [0.4, 0.5) is 0 Å². The summed E-state index contributed by atoms with van der Waals surface area (Å²) in [7, 11) is -10.5. The van der Waals surface area contributed by atoms with E-state index in [0.717, 1.165) is 17.4 Å². The van der Waals surface area contributed by atoms with Crippen LogP contribution in [0.3, 0.4) is 0 Å². The van der Waals surface area contributed by atoms with E-state index in [1.165, 1.54) is 67.8 Å². The lowest BCUT2D eigenvalue weighted by Gasteiger charge is -2.26. The van der Waals surface area contributed by atoms with Crippen LogP contribution in [0.5, 0.6) is 23.0 Å². The first kappa shape index (κ1) is 30.9. The van der Waals surface area contributed by atoms with Crippen LogP contribution in [0.15, 0.2) is 107 Å². The summed E-state index contributed by atoms with van der Waals surface area (Å²) < 4.78 is 93.5. The largest absolute Gasteiger partial charge is 0.500 e. The highest BCUT2D eigenvalue weighted by Crippen LogP contribution is 2.34. The third-order valence-electron chi connectivity index (χ3n) is 6.30. The number of ether oxygens (including phenoxy) is 1. The summed E-state index contributed by atoms with van der Waals surface area (Å²) in [5.41, 5.74) is 1.18. The van der Waals surface area contributed by atoms with Gasteiger partial charge in [-0.15, -0.1) is 8.42 Å². The Hall–Kier alpha value is -4.07. The molecule has 4 rings (SSSR count). The summed E-state index contributed by atoms with van der Waals surface area (Å²) in [5.74, 6) is 0.574. The molecule has 4 aromatic rings. The van der Waals surface area contributed by atoms with Gasteiger partial charge >= 0.3 is 20.5 Å². The molecule has 222 valence electrons. The van der Waals surface area contributed by atoms with Crippen molar-refractivity contribution in [3.8, 4) is 23.0 Å². The molecule has 13 heteroatoms. The molecule has 0 amide bonds. The molecule has 0 aliphatic carbocycles. The lowest BCUT2D eigenvalue weighted by molar-refractivity contribution is 0.392. The molecule has 0 unspecified atom stereocenters. The number of sulfone groups is 1. The Morgan fingerprint density at radius 2 is 0.833 bits per heavy atom. The third-order valence-corrected chi connectivity index (χ3v) is 9.37. The van der Waals surface area contributed by atoms with Gasteiger partial charge in [0.2, 0.25) is 9.84 Å². The highest BCUT2D eigenvalue weighted by atomic mass is 32.3. The number of benzene rings is 4. The van der Waals surface area contributed by atoms with Crippen molar-refractivity contribution in [2.45, 2.75) is 29.1 Å². The molecule has 0 atom stereocenters. The van der Waals surface area contributed by atoms with Gasteiger partial charge < -0.3 is 17.3 Å². The Balaban J connectivity index is 1.43. The molecular weight excluding hydrogens is 605 g/mol. The smallest absolute Gasteiger partial charge is 0.497 e. The van der Waals surface area contributed by atoms with E-state index in [2.05, 4.69) is 0 Å². The minimum Gasteiger partial charge on any atom is -0.497 e. The summed E-state index contributed by atoms with van der Waals surface area (Å²) in [6.45, 7) is 3.90. The Labute approximate surface area is 245 Å². The first-order chi connectivity index (χ1) is 19.6. The first-order valence-electron chi connectivity index (χ1n) is 12.3. The quantitative estimate of drug-likeness (QED) is 0.210. The van der Waals surface area contributed by atoms with Crippen molar-refractivity contribution < 1.29 is 42.5 Å². The molecule has 0 spiro atoms. The zero-order valence-electron chi connectivity index (χ0n) is 23.0. The molecule has 0 saturated carbocycles. The number of hydrogen-bond donors (Lipinski definition) is 0. The highest BCUT2D eigenvalue weighted by Gasteiger charge is 2.25. The van der Waals surface area contributed by atoms with Gasteiger partial charge in [0.1, 0.15) is 23.0 Å². The molecule has 0 heterocycles. The zero-order valence-corrected chi connectivity index (χ0v) is 25.5. The van der Waals surface area contributed by atoms with Gasteiger partial charge in [-0.3, -0.25) is 0 Å². The van der Waals surface area contributed by atoms with Crippen LogP contribution >= 0.6 is 0 Å². The van der Waals surface area contributed by atoms with E-state index >= 15 is 0 Å². The Kier molecular flexibility index (Phi) is 8.58. The monoisotopic (exact) mass is 632 g/mol. The van der Waals surface area contributed by atoms with E-state index in [-0.39, 0.29) is 27.0 Å². The van der Waals surface area contributed by atoms with Crippen LogP contribution in [0.2, 0.25) is 0 Å². The SMILES string of the molecule is COc1ccc(S(=O)(=O)c2ccc(OS(=O)(=O)Oc3ccc(C(C)(C)c4ccc(OS(C)(=O)=O)cc4)cc3)cc2)cc1. The molecular formula is C29H28O10S3. The van der Waals surface area contributed by atoms with E-state index in [0.29, 0.717) is 5.75 Å². The maximum absolute atomic E-state index is 12.9. The predicted molar refractivity (Wildman–Crippen MR) is 156 cm³/mol. The fourth-order valence-electron chi connectivity index (χ4n) is 4.01. The highest BCUT2D eigenvalue weighted by molar-refractivity contribution is 7.91. The molecule has 0 aliphatic heterocycles. The Morgan fingerprint density at radius 3 is 1.19 bits per heavy atom. The molecule has 4 aromatic carbocycles. The molecule has 0 saturated heterocycles. The second-order valence-electron chi connectivity index (χ2n) is 9.69. The molecule has 42 heavy (non-hydrogen) atoms. The van der Waals surface area contributed by atoms with Crippen molar-refractivity contribution in [3.05, 3.63) is 108 Å². The van der Waals surface area contributed by atoms with Crippen molar-refractivity contribution in [3.63, 3.8) is 0 Å². The summed E-state index contributed by atoms with van der Waals surface area (Å²) in [5, 5.41) is 0. The van der Waals surface area contributed by atoms with E-state index in [4.69, 9.17) is 17.3 Å². The first-order valence-corrected chi connectivity index (χ1v) is 17.0. The van der Waals surface area contributed by atoms with Crippen molar-refractivity contribution in [1.82, 2.24) is 0 Å². The molecule has 0 aliphatic rings. The Morgan fingerprint density at radius 1 is 0.500 bits per heavy atom.